The van der Waals surface area contributed by atoms with Gasteiger partial charge in [0.1, 0.15) is 0 Å². The Morgan fingerprint density at radius 3 is 2.70 bits per heavy atom. The van der Waals surface area contributed by atoms with Crippen LogP contribution in [0.4, 0.5) is 0 Å². The van der Waals surface area contributed by atoms with E-state index in [1.165, 1.54) is 0 Å². The Bertz CT molecular complexity index is 611. The normalized spacial score (nSPS) is 14.1. The molecular weight excluding hydrogens is 363 g/mol. The molecule has 1 heterocycles. The number of carbonyl (C=O) groups is 1. The third-order valence-corrected chi connectivity index (χ3v) is 4.37. The Kier molecular flexibility index (Phi) is 4.00. The lowest BCUT2D eigenvalue weighted by Gasteiger charge is -2.23. The molecule has 0 atom stereocenters. The maximum atomic E-state index is 12.8. The van der Waals surface area contributed by atoms with Crippen molar-refractivity contribution in [2.45, 2.75) is 25.4 Å². The molecule has 0 aliphatic heterocycles. The van der Waals surface area contributed by atoms with Gasteiger partial charge >= 0.3 is 0 Å². The summed E-state index contributed by atoms with van der Waals surface area (Å²) in [5.74, 6) is 0.126. The summed E-state index contributed by atoms with van der Waals surface area (Å²) < 4.78 is 1.01. The Morgan fingerprint density at radius 2 is 2.05 bits per heavy atom. The zero-order valence-electron chi connectivity index (χ0n) is 11.0. The number of halogens is 1. The number of carbonyl (C=O) groups excluding carboxylic acids is 1. The molecule has 0 spiro atoms. The van der Waals surface area contributed by atoms with Crippen LogP contribution in [0.25, 0.3) is 0 Å². The van der Waals surface area contributed by atoms with Gasteiger partial charge in [0.25, 0.3) is 5.91 Å². The molecule has 0 N–H and O–H groups in total. The van der Waals surface area contributed by atoms with Crippen LogP contribution < -0.4 is 0 Å². The average molecular weight is 378 g/mol. The topological polar surface area (TPSA) is 33.2 Å². The Labute approximate surface area is 132 Å². The second-order valence-electron chi connectivity index (χ2n) is 5.01. The van der Waals surface area contributed by atoms with Crippen molar-refractivity contribution in [2.75, 3.05) is 0 Å². The number of aromatic nitrogens is 1. The summed E-state index contributed by atoms with van der Waals surface area (Å²) in [6.45, 7) is 0.641. The van der Waals surface area contributed by atoms with E-state index in [1.807, 2.05) is 47.5 Å². The lowest BCUT2D eigenvalue weighted by atomic mass is 10.1. The lowest BCUT2D eigenvalue weighted by molar-refractivity contribution is 0.0728. The summed E-state index contributed by atoms with van der Waals surface area (Å²) in [5.41, 5.74) is 1.88. The SMILES string of the molecule is O=C(c1ccccc1I)N(Cc1cccnc1)C1CC1. The quantitative estimate of drug-likeness (QED) is 0.764. The molecule has 4 heteroatoms. The van der Waals surface area contributed by atoms with Gasteiger partial charge in [-0.25, -0.2) is 0 Å². The fraction of sp³-hybridized carbons (Fsp3) is 0.250. The van der Waals surface area contributed by atoms with Crippen molar-refractivity contribution in [3.05, 3.63) is 63.5 Å². The number of rotatable bonds is 4. The fourth-order valence-corrected chi connectivity index (χ4v) is 2.85. The third kappa shape index (κ3) is 3.00. The van der Waals surface area contributed by atoms with E-state index in [4.69, 9.17) is 0 Å². The van der Waals surface area contributed by atoms with Gasteiger partial charge < -0.3 is 4.90 Å². The van der Waals surface area contributed by atoms with Crippen LogP contribution >= 0.6 is 22.6 Å². The van der Waals surface area contributed by atoms with Gasteiger partial charge in [0.2, 0.25) is 0 Å². The first kappa shape index (κ1) is 13.5. The zero-order chi connectivity index (χ0) is 13.9. The van der Waals surface area contributed by atoms with Crippen LogP contribution in [0.1, 0.15) is 28.8 Å². The Morgan fingerprint density at radius 1 is 1.25 bits per heavy atom. The number of amides is 1. The highest BCUT2D eigenvalue weighted by atomic mass is 127. The van der Waals surface area contributed by atoms with Crippen LogP contribution in [0, 0.1) is 3.57 Å². The second kappa shape index (κ2) is 5.91. The van der Waals surface area contributed by atoms with Crippen LogP contribution in [-0.2, 0) is 6.54 Å². The van der Waals surface area contributed by atoms with Gasteiger partial charge in [-0.2, -0.15) is 0 Å². The molecule has 0 radical (unpaired) electrons. The molecule has 1 aliphatic carbocycles. The van der Waals surface area contributed by atoms with Gasteiger partial charge in [-0.15, -0.1) is 0 Å². The number of hydrogen-bond donors (Lipinski definition) is 0. The van der Waals surface area contributed by atoms with Crippen molar-refractivity contribution in [3.8, 4) is 0 Å². The molecule has 2 aromatic rings. The molecule has 1 aromatic carbocycles. The third-order valence-electron chi connectivity index (χ3n) is 3.43. The smallest absolute Gasteiger partial charge is 0.255 e. The first-order valence-corrected chi connectivity index (χ1v) is 7.78. The van der Waals surface area contributed by atoms with Gasteiger partial charge in [-0.1, -0.05) is 18.2 Å². The van der Waals surface area contributed by atoms with Crippen molar-refractivity contribution in [3.63, 3.8) is 0 Å². The van der Waals surface area contributed by atoms with Crippen molar-refractivity contribution < 1.29 is 4.79 Å². The first-order valence-electron chi connectivity index (χ1n) is 6.70. The maximum absolute atomic E-state index is 12.8. The predicted molar refractivity (Wildman–Crippen MR) is 86.3 cm³/mol. The van der Waals surface area contributed by atoms with E-state index in [1.54, 1.807) is 6.20 Å². The largest absolute Gasteiger partial charge is 0.331 e. The summed E-state index contributed by atoms with van der Waals surface area (Å²) in [4.78, 5) is 18.9. The molecule has 1 aliphatic rings. The van der Waals surface area contributed by atoms with Crippen molar-refractivity contribution in [1.29, 1.82) is 0 Å². The predicted octanol–water partition coefficient (Wildman–Crippen LogP) is 3.49. The Hall–Kier alpha value is -1.43. The summed E-state index contributed by atoms with van der Waals surface area (Å²) in [6, 6.07) is 12.1. The van der Waals surface area contributed by atoms with E-state index in [0.717, 1.165) is 27.5 Å². The maximum Gasteiger partial charge on any atom is 0.255 e. The van der Waals surface area contributed by atoms with Crippen LogP contribution in [0.5, 0.6) is 0 Å². The van der Waals surface area contributed by atoms with E-state index in [2.05, 4.69) is 27.6 Å². The van der Waals surface area contributed by atoms with E-state index in [9.17, 15) is 4.79 Å². The minimum Gasteiger partial charge on any atom is -0.331 e. The van der Waals surface area contributed by atoms with Crippen molar-refractivity contribution >= 4 is 28.5 Å². The zero-order valence-corrected chi connectivity index (χ0v) is 13.2. The highest BCUT2D eigenvalue weighted by Crippen LogP contribution is 2.30. The number of hydrogen-bond acceptors (Lipinski definition) is 2. The fourth-order valence-electron chi connectivity index (χ4n) is 2.23. The van der Waals surface area contributed by atoms with Gasteiger partial charge in [-0.3, -0.25) is 9.78 Å². The molecule has 1 amide bonds. The van der Waals surface area contributed by atoms with Crippen LogP contribution in [0.3, 0.4) is 0 Å². The van der Waals surface area contributed by atoms with Gasteiger partial charge in [-0.05, 0) is 59.2 Å². The minimum absolute atomic E-state index is 0.126. The first-order chi connectivity index (χ1) is 9.75. The van der Waals surface area contributed by atoms with E-state index in [0.29, 0.717) is 12.6 Å². The molecule has 0 bridgehead atoms. The van der Waals surface area contributed by atoms with Gasteiger partial charge in [0, 0.05) is 28.6 Å². The van der Waals surface area contributed by atoms with E-state index in [-0.39, 0.29) is 5.91 Å². The molecule has 0 saturated heterocycles. The molecular formula is C16H15IN2O. The second-order valence-corrected chi connectivity index (χ2v) is 6.17. The lowest BCUT2D eigenvalue weighted by Crippen LogP contribution is -2.33. The molecule has 3 nitrogen and oxygen atoms in total. The summed E-state index contributed by atoms with van der Waals surface area (Å²) in [6.07, 6.45) is 5.80. The molecule has 1 fully saturated rings. The average Bonchev–Trinajstić information content (AvgIpc) is 3.30. The summed E-state index contributed by atoms with van der Waals surface area (Å²) >= 11 is 2.22. The Balaban J connectivity index is 1.84. The van der Waals surface area contributed by atoms with Crippen LogP contribution in [-0.4, -0.2) is 21.8 Å². The summed E-state index contributed by atoms with van der Waals surface area (Å²) in [7, 11) is 0. The van der Waals surface area contributed by atoms with E-state index >= 15 is 0 Å². The minimum atomic E-state index is 0.126. The molecule has 20 heavy (non-hydrogen) atoms. The highest BCUT2D eigenvalue weighted by Gasteiger charge is 2.33. The monoisotopic (exact) mass is 378 g/mol. The molecule has 1 aromatic heterocycles. The number of pyridine rings is 1. The van der Waals surface area contributed by atoms with Crippen LogP contribution in [0.15, 0.2) is 48.8 Å². The molecule has 102 valence electrons. The van der Waals surface area contributed by atoms with Crippen molar-refractivity contribution in [2.24, 2.45) is 0 Å². The standard InChI is InChI=1S/C16H15IN2O/c17-15-6-2-1-5-14(15)16(20)19(13-7-8-13)11-12-4-3-9-18-10-12/h1-6,9-10,13H,7-8,11H2. The molecule has 1 saturated carbocycles. The van der Waals surface area contributed by atoms with Gasteiger partial charge in [0.15, 0.2) is 0 Å². The van der Waals surface area contributed by atoms with E-state index < -0.39 is 0 Å². The summed E-state index contributed by atoms with van der Waals surface area (Å²) in [5, 5.41) is 0. The highest BCUT2D eigenvalue weighted by molar-refractivity contribution is 14.1. The van der Waals surface area contributed by atoms with Gasteiger partial charge in [0.05, 0.1) is 5.56 Å². The number of benzene rings is 1. The number of nitrogens with zero attached hydrogens (tertiary/aromatic N) is 2. The molecule has 0 unspecified atom stereocenters. The van der Waals surface area contributed by atoms with Crippen LogP contribution in [0.2, 0.25) is 0 Å². The molecule has 3 rings (SSSR count). The van der Waals surface area contributed by atoms with Crippen molar-refractivity contribution in [1.82, 2.24) is 9.88 Å².